The number of aryl methyl sites for hydroxylation is 3. The van der Waals surface area contributed by atoms with Crippen LogP contribution in [0.2, 0.25) is 0 Å². The molecule has 0 aliphatic carbocycles. The Morgan fingerprint density at radius 2 is 2.00 bits per heavy atom. The van der Waals surface area contributed by atoms with Gasteiger partial charge in [0.25, 0.3) is 0 Å². The standard InChI is InChI=1S/C20H23N5O3S/c1-13-5-6-16(9-14(13)2)25-8-7-21-20(25)29-12-19(27)24(4)11-18(26)22-17-10-15(3)28-23-17/h5-10H,11-12H2,1-4H3,(H,22,23,26). The minimum atomic E-state index is -0.337. The minimum Gasteiger partial charge on any atom is -0.360 e. The maximum absolute atomic E-state index is 12.4. The maximum Gasteiger partial charge on any atom is 0.245 e. The number of thioether (sulfide) groups is 1. The molecule has 0 radical (unpaired) electrons. The Morgan fingerprint density at radius 1 is 1.21 bits per heavy atom. The monoisotopic (exact) mass is 413 g/mol. The van der Waals surface area contributed by atoms with Crippen LogP contribution >= 0.6 is 11.8 Å². The molecule has 0 fully saturated rings. The first-order valence-corrected chi connectivity index (χ1v) is 10.0. The predicted octanol–water partition coefficient (Wildman–Crippen LogP) is 2.97. The average molecular weight is 414 g/mol. The molecule has 2 aromatic heterocycles. The van der Waals surface area contributed by atoms with Crippen molar-refractivity contribution in [3.05, 3.63) is 53.5 Å². The molecule has 8 nitrogen and oxygen atoms in total. The van der Waals surface area contributed by atoms with Crippen molar-refractivity contribution in [2.24, 2.45) is 0 Å². The molecule has 9 heteroatoms. The molecule has 0 spiro atoms. The second-order valence-corrected chi connectivity index (χ2v) is 7.70. The Balaban J connectivity index is 1.56. The summed E-state index contributed by atoms with van der Waals surface area (Å²) in [5, 5.41) is 7.02. The highest BCUT2D eigenvalue weighted by molar-refractivity contribution is 7.99. The Bertz CT molecular complexity index is 1030. The van der Waals surface area contributed by atoms with Crippen LogP contribution in [0, 0.1) is 20.8 Å². The average Bonchev–Trinajstić information content (AvgIpc) is 3.30. The first-order chi connectivity index (χ1) is 13.8. The van der Waals surface area contributed by atoms with Crippen LogP contribution in [0.3, 0.4) is 0 Å². The summed E-state index contributed by atoms with van der Waals surface area (Å²) in [6.45, 7) is 5.79. The molecule has 0 saturated heterocycles. The van der Waals surface area contributed by atoms with Crippen LogP contribution in [-0.4, -0.2) is 50.8 Å². The minimum absolute atomic E-state index is 0.0725. The summed E-state index contributed by atoms with van der Waals surface area (Å²) in [5.74, 6) is 0.597. The molecule has 3 rings (SSSR count). The molecule has 1 aromatic carbocycles. The second-order valence-electron chi connectivity index (χ2n) is 6.76. The number of nitrogens with zero attached hydrogens (tertiary/aromatic N) is 4. The SMILES string of the molecule is Cc1cc(NC(=O)CN(C)C(=O)CSc2nccn2-c2ccc(C)c(C)c2)no1. The highest BCUT2D eigenvalue weighted by Crippen LogP contribution is 2.22. The topological polar surface area (TPSA) is 93.3 Å². The number of carbonyl (C=O) groups excluding carboxylic acids is 2. The molecule has 0 bridgehead atoms. The van der Waals surface area contributed by atoms with Crippen LogP contribution < -0.4 is 5.32 Å². The number of aromatic nitrogens is 3. The molecule has 0 saturated carbocycles. The zero-order valence-electron chi connectivity index (χ0n) is 16.8. The summed E-state index contributed by atoms with van der Waals surface area (Å²) in [5.41, 5.74) is 3.41. The fraction of sp³-hybridized carbons (Fsp3) is 0.300. The van der Waals surface area contributed by atoms with Gasteiger partial charge in [-0.25, -0.2) is 4.98 Å². The van der Waals surface area contributed by atoms with E-state index in [4.69, 9.17) is 4.52 Å². The number of nitrogens with one attached hydrogen (secondary N) is 1. The molecule has 152 valence electrons. The van der Waals surface area contributed by atoms with Gasteiger partial charge in [0.05, 0.1) is 12.3 Å². The van der Waals surface area contributed by atoms with Gasteiger partial charge in [0.15, 0.2) is 11.0 Å². The van der Waals surface area contributed by atoms with Gasteiger partial charge in [-0.1, -0.05) is 23.0 Å². The summed E-state index contributed by atoms with van der Waals surface area (Å²) in [6.07, 6.45) is 3.58. The van der Waals surface area contributed by atoms with Crippen molar-refractivity contribution in [1.29, 1.82) is 0 Å². The number of imidazole rings is 1. The van der Waals surface area contributed by atoms with Crippen molar-refractivity contribution in [2.45, 2.75) is 25.9 Å². The molecular formula is C20H23N5O3S. The van der Waals surface area contributed by atoms with E-state index in [1.165, 1.54) is 27.8 Å². The van der Waals surface area contributed by atoms with Crippen molar-refractivity contribution in [2.75, 3.05) is 24.7 Å². The fourth-order valence-electron chi connectivity index (χ4n) is 2.62. The van der Waals surface area contributed by atoms with E-state index in [1.807, 2.05) is 16.8 Å². The molecule has 0 atom stereocenters. The molecule has 2 amide bonds. The van der Waals surface area contributed by atoms with Gasteiger partial charge < -0.3 is 14.7 Å². The van der Waals surface area contributed by atoms with Crippen molar-refractivity contribution in [1.82, 2.24) is 19.6 Å². The maximum atomic E-state index is 12.4. The number of benzene rings is 1. The highest BCUT2D eigenvalue weighted by Gasteiger charge is 2.16. The van der Waals surface area contributed by atoms with Crippen LogP contribution in [0.5, 0.6) is 0 Å². The van der Waals surface area contributed by atoms with Crippen LogP contribution in [0.4, 0.5) is 5.82 Å². The molecule has 0 aliphatic rings. The first kappa shape index (κ1) is 20.7. The van der Waals surface area contributed by atoms with Crippen LogP contribution in [0.15, 0.2) is 46.3 Å². The fourth-order valence-corrected chi connectivity index (χ4v) is 3.53. The van der Waals surface area contributed by atoms with Gasteiger partial charge in [-0.2, -0.15) is 0 Å². The largest absolute Gasteiger partial charge is 0.360 e. The van der Waals surface area contributed by atoms with Crippen LogP contribution in [-0.2, 0) is 9.59 Å². The number of rotatable bonds is 7. The molecule has 3 aromatic rings. The Labute approximate surface area is 173 Å². The molecule has 1 N–H and O–H groups in total. The molecule has 2 heterocycles. The first-order valence-electron chi connectivity index (χ1n) is 9.04. The Morgan fingerprint density at radius 3 is 2.69 bits per heavy atom. The smallest absolute Gasteiger partial charge is 0.245 e. The number of carbonyl (C=O) groups is 2. The number of likely N-dealkylation sites (N-methyl/N-ethyl adjacent to an activating group) is 1. The van der Waals surface area contributed by atoms with E-state index in [-0.39, 0.29) is 24.1 Å². The third-order valence-corrected chi connectivity index (χ3v) is 5.35. The van der Waals surface area contributed by atoms with E-state index in [0.29, 0.717) is 11.6 Å². The van der Waals surface area contributed by atoms with Crippen LogP contribution in [0.25, 0.3) is 5.69 Å². The Kier molecular flexibility index (Phi) is 6.38. The summed E-state index contributed by atoms with van der Waals surface area (Å²) in [6, 6.07) is 7.79. The van der Waals surface area contributed by atoms with Crippen molar-refractivity contribution in [3.8, 4) is 5.69 Å². The molecular weight excluding hydrogens is 390 g/mol. The zero-order chi connectivity index (χ0) is 21.0. The van der Waals surface area contributed by atoms with E-state index < -0.39 is 0 Å². The van der Waals surface area contributed by atoms with E-state index >= 15 is 0 Å². The van der Waals surface area contributed by atoms with Crippen molar-refractivity contribution >= 4 is 29.4 Å². The van der Waals surface area contributed by atoms with E-state index in [0.717, 1.165) is 10.8 Å². The lowest BCUT2D eigenvalue weighted by Crippen LogP contribution is -2.36. The lowest BCUT2D eigenvalue weighted by atomic mass is 10.1. The van der Waals surface area contributed by atoms with Crippen molar-refractivity contribution in [3.63, 3.8) is 0 Å². The quantitative estimate of drug-likeness (QED) is 0.599. The van der Waals surface area contributed by atoms with Crippen LogP contribution in [0.1, 0.15) is 16.9 Å². The van der Waals surface area contributed by atoms with Gasteiger partial charge in [0, 0.05) is 31.2 Å². The number of amides is 2. The van der Waals surface area contributed by atoms with E-state index in [2.05, 4.69) is 41.4 Å². The summed E-state index contributed by atoms with van der Waals surface area (Å²) >= 11 is 1.33. The van der Waals surface area contributed by atoms with Gasteiger partial charge in [-0.3, -0.25) is 14.2 Å². The molecule has 0 aliphatic heterocycles. The number of hydrogen-bond donors (Lipinski definition) is 1. The van der Waals surface area contributed by atoms with E-state index in [9.17, 15) is 9.59 Å². The second kappa shape index (κ2) is 8.95. The third-order valence-electron chi connectivity index (χ3n) is 4.40. The van der Waals surface area contributed by atoms with E-state index in [1.54, 1.807) is 26.2 Å². The molecule has 29 heavy (non-hydrogen) atoms. The van der Waals surface area contributed by atoms with Gasteiger partial charge in [0.2, 0.25) is 11.8 Å². The zero-order valence-corrected chi connectivity index (χ0v) is 17.6. The summed E-state index contributed by atoms with van der Waals surface area (Å²) < 4.78 is 6.85. The van der Waals surface area contributed by atoms with Gasteiger partial charge in [-0.15, -0.1) is 0 Å². The van der Waals surface area contributed by atoms with Gasteiger partial charge in [0.1, 0.15) is 5.76 Å². The normalized spacial score (nSPS) is 10.8. The number of anilines is 1. The van der Waals surface area contributed by atoms with Gasteiger partial charge >= 0.3 is 0 Å². The lowest BCUT2D eigenvalue weighted by Gasteiger charge is -2.16. The Hall–Kier alpha value is -3.07. The summed E-state index contributed by atoms with van der Waals surface area (Å²) in [4.78, 5) is 30.2. The molecule has 0 unspecified atom stereocenters. The third kappa shape index (κ3) is 5.26. The van der Waals surface area contributed by atoms with Gasteiger partial charge in [-0.05, 0) is 44.0 Å². The summed E-state index contributed by atoms with van der Waals surface area (Å²) in [7, 11) is 1.59. The number of hydrogen-bond acceptors (Lipinski definition) is 6. The van der Waals surface area contributed by atoms with Crippen molar-refractivity contribution < 1.29 is 14.1 Å². The predicted molar refractivity (Wildman–Crippen MR) is 111 cm³/mol. The highest BCUT2D eigenvalue weighted by atomic mass is 32.2. The lowest BCUT2D eigenvalue weighted by molar-refractivity contribution is -0.131.